The largest absolute Gasteiger partial charge is 0.405 e. The third kappa shape index (κ3) is 7.88. The standard InChI is InChI=1S/C7H17NOSi/c1-4-5-8-10-9-6-7(2)3/h8H,2,4-6,10H2,1,3H3. The molecule has 60 valence electrons. The molecule has 0 heterocycles. The zero-order valence-electron chi connectivity index (χ0n) is 6.94. The van der Waals surface area contributed by atoms with E-state index in [-0.39, 0.29) is 0 Å². The summed E-state index contributed by atoms with van der Waals surface area (Å²) in [5.41, 5.74) is 1.10. The lowest BCUT2D eigenvalue weighted by molar-refractivity contribution is 0.365. The zero-order valence-corrected chi connectivity index (χ0v) is 8.36. The van der Waals surface area contributed by atoms with Gasteiger partial charge in [-0.1, -0.05) is 19.1 Å². The molecule has 0 rings (SSSR count). The lowest BCUT2D eigenvalue weighted by Crippen LogP contribution is -2.23. The van der Waals surface area contributed by atoms with Gasteiger partial charge in [-0.15, -0.1) is 0 Å². The molecule has 1 N–H and O–H groups in total. The molecule has 0 spiro atoms. The van der Waals surface area contributed by atoms with Crippen molar-refractivity contribution in [1.29, 1.82) is 0 Å². The van der Waals surface area contributed by atoms with Gasteiger partial charge in [-0.25, -0.2) is 0 Å². The molecule has 0 bridgehead atoms. The Morgan fingerprint density at radius 3 is 2.90 bits per heavy atom. The zero-order chi connectivity index (χ0) is 7.82. The second-order valence-corrected chi connectivity index (χ2v) is 3.65. The summed E-state index contributed by atoms with van der Waals surface area (Å²) in [6.07, 6.45) is 1.18. The van der Waals surface area contributed by atoms with Crippen LogP contribution >= 0.6 is 0 Å². The number of hydrogen-bond donors (Lipinski definition) is 1. The second kappa shape index (κ2) is 6.99. The SMILES string of the molecule is C=C(C)CO[SiH2]NCCC. The molecule has 0 aliphatic carbocycles. The van der Waals surface area contributed by atoms with Crippen LogP contribution < -0.4 is 4.98 Å². The van der Waals surface area contributed by atoms with E-state index < -0.39 is 9.92 Å². The quantitative estimate of drug-likeness (QED) is 0.348. The third-order valence-electron chi connectivity index (χ3n) is 0.979. The molecule has 0 fully saturated rings. The Hall–Kier alpha value is -0.123. The molecule has 0 saturated carbocycles. The van der Waals surface area contributed by atoms with Crippen LogP contribution in [0.1, 0.15) is 20.3 Å². The topological polar surface area (TPSA) is 21.3 Å². The highest BCUT2D eigenvalue weighted by molar-refractivity contribution is 6.23. The number of rotatable bonds is 6. The van der Waals surface area contributed by atoms with Crippen LogP contribution in [0.25, 0.3) is 0 Å². The molecule has 0 aromatic heterocycles. The molecule has 0 aromatic carbocycles. The summed E-state index contributed by atoms with van der Waals surface area (Å²) < 4.78 is 5.33. The summed E-state index contributed by atoms with van der Waals surface area (Å²) in [7, 11) is -0.453. The normalized spacial score (nSPS) is 11.0. The summed E-state index contributed by atoms with van der Waals surface area (Å²) in [6.45, 7) is 9.69. The minimum absolute atomic E-state index is 0.453. The van der Waals surface area contributed by atoms with Gasteiger partial charge in [0.25, 0.3) is 0 Å². The van der Waals surface area contributed by atoms with E-state index in [2.05, 4.69) is 18.5 Å². The van der Waals surface area contributed by atoms with Crippen molar-refractivity contribution in [2.45, 2.75) is 20.3 Å². The van der Waals surface area contributed by atoms with E-state index in [9.17, 15) is 0 Å². The molecule has 0 unspecified atom stereocenters. The van der Waals surface area contributed by atoms with E-state index in [1.54, 1.807) is 0 Å². The van der Waals surface area contributed by atoms with Crippen molar-refractivity contribution in [3.05, 3.63) is 12.2 Å². The van der Waals surface area contributed by atoms with Gasteiger partial charge < -0.3 is 9.41 Å². The maximum absolute atomic E-state index is 5.33. The first-order valence-corrected chi connectivity index (χ1v) is 4.98. The van der Waals surface area contributed by atoms with E-state index in [0.29, 0.717) is 0 Å². The lowest BCUT2D eigenvalue weighted by Gasteiger charge is -2.02. The van der Waals surface area contributed by atoms with Gasteiger partial charge in [0, 0.05) is 0 Å². The molecule has 0 saturated heterocycles. The van der Waals surface area contributed by atoms with Crippen LogP contribution in [0.15, 0.2) is 12.2 Å². The van der Waals surface area contributed by atoms with Gasteiger partial charge >= 0.3 is 0 Å². The van der Waals surface area contributed by atoms with Gasteiger partial charge in [0.1, 0.15) is 0 Å². The molecule has 0 radical (unpaired) electrons. The average molecular weight is 159 g/mol. The van der Waals surface area contributed by atoms with Gasteiger partial charge in [-0.2, -0.15) is 0 Å². The first-order chi connectivity index (χ1) is 4.77. The smallest absolute Gasteiger partial charge is 0.236 e. The number of nitrogens with one attached hydrogen (secondary N) is 1. The Morgan fingerprint density at radius 1 is 1.70 bits per heavy atom. The van der Waals surface area contributed by atoms with E-state index in [1.165, 1.54) is 6.42 Å². The van der Waals surface area contributed by atoms with Crippen molar-refractivity contribution in [1.82, 2.24) is 4.98 Å². The molecule has 0 aromatic rings. The van der Waals surface area contributed by atoms with Gasteiger partial charge in [0.2, 0.25) is 9.92 Å². The fourth-order valence-electron chi connectivity index (χ4n) is 0.546. The van der Waals surface area contributed by atoms with Crippen LogP contribution in [0.2, 0.25) is 0 Å². The van der Waals surface area contributed by atoms with Crippen molar-refractivity contribution in [2.75, 3.05) is 13.2 Å². The highest BCUT2D eigenvalue weighted by Gasteiger charge is 1.86. The van der Waals surface area contributed by atoms with Gasteiger partial charge in [-0.05, 0) is 19.9 Å². The molecule has 0 aliphatic rings. The fourth-order valence-corrected chi connectivity index (χ4v) is 1.64. The van der Waals surface area contributed by atoms with E-state index in [0.717, 1.165) is 18.7 Å². The van der Waals surface area contributed by atoms with Gasteiger partial charge in [0.05, 0.1) is 6.61 Å². The Kier molecular flexibility index (Phi) is 6.90. The highest BCUT2D eigenvalue weighted by atomic mass is 28.2. The Labute approximate surface area is 65.7 Å². The fraction of sp³-hybridized carbons (Fsp3) is 0.714. The monoisotopic (exact) mass is 159 g/mol. The Morgan fingerprint density at radius 2 is 2.40 bits per heavy atom. The summed E-state index contributed by atoms with van der Waals surface area (Å²) in [6, 6.07) is 0. The second-order valence-electron chi connectivity index (χ2n) is 2.45. The van der Waals surface area contributed by atoms with Gasteiger partial charge in [0.15, 0.2) is 0 Å². The predicted octanol–water partition coefficient (Wildman–Crippen LogP) is 0.578. The minimum Gasteiger partial charge on any atom is -0.405 e. The maximum Gasteiger partial charge on any atom is 0.236 e. The van der Waals surface area contributed by atoms with Crippen LogP contribution in [-0.4, -0.2) is 23.1 Å². The summed E-state index contributed by atoms with van der Waals surface area (Å²) in [4.78, 5) is 3.27. The average Bonchev–Trinajstić information content (AvgIpc) is 1.87. The van der Waals surface area contributed by atoms with E-state index in [1.807, 2.05) is 6.92 Å². The molecular formula is C7H17NOSi. The Balaban J connectivity index is 2.84. The highest BCUT2D eigenvalue weighted by Crippen LogP contribution is 1.84. The molecule has 3 heteroatoms. The van der Waals surface area contributed by atoms with Crippen molar-refractivity contribution < 1.29 is 4.43 Å². The van der Waals surface area contributed by atoms with Crippen LogP contribution in [0, 0.1) is 0 Å². The number of hydrogen-bond acceptors (Lipinski definition) is 2. The summed E-state index contributed by atoms with van der Waals surface area (Å²) >= 11 is 0. The minimum atomic E-state index is -0.453. The lowest BCUT2D eigenvalue weighted by atomic mass is 10.4. The van der Waals surface area contributed by atoms with Crippen LogP contribution in [-0.2, 0) is 4.43 Å². The molecule has 0 amide bonds. The van der Waals surface area contributed by atoms with Crippen LogP contribution in [0.3, 0.4) is 0 Å². The van der Waals surface area contributed by atoms with Crippen molar-refractivity contribution in [3.8, 4) is 0 Å². The van der Waals surface area contributed by atoms with E-state index in [4.69, 9.17) is 4.43 Å². The first kappa shape index (κ1) is 9.88. The Bertz CT molecular complexity index is 95.6. The van der Waals surface area contributed by atoms with Crippen LogP contribution in [0.5, 0.6) is 0 Å². The van der Waals surface area contributed by atoms with Crippen molar-refractivity contribution >= 4 is 9.92 Å². The van der Waals surface area contributed by atoms with E-state index >= 15 is 0 Å². The molecule has 0 atom stereocenters. The summed E-state index contributed by atoms with van der Waals surface area (Å²) in [5, 5.41) is 0. The van der Waals surface area contributed by atoms with Gasteiger partial charge in [-0.3, -0.25) is 0 Å². The molecular weight excluding hydrogens is 142 g/mol. The molecule has 10 heavy (non-hydrogen) atoms. The van der Waals surface area contributed by atoms with Crippen molar-refractivity contribution in [3.63, 3.8) is 0 Å². The van der Waals surface area contributed by atoms with Crippen molar-refractivity contribution in [2.24, 2.45) is 0 Å². The molecule has 2 nitrogen and oxygen atoms in total. The predicted molar refractivity (Wildman–Crippen MR) is 47.6 cm³/mol. The third-order valence-corrected chi connectivity index (χ3v) is 1.95. The maximum atomic E-state index is 5.33. The van der Waals surface area contributed by atoms with Crippen LogP contribution in [0.4, 0.5) is 0 Å². The first-order valence-electron chi connectivity index (χ1n) is 3.70. The molecule has 0 aliphatic heterocycles. The summed E-state index contributed by atoms with van der Waals surface area (Å²) in [5.74, 6) is 0.